The number of benzene rings is 1. The van der Waals surface area contributed by atoms with Crippen LogP contribution in [0.25, 0.3) is 0 Å². The second-order valence-electron chi connectivity index (χ2n) is 5.09. The first-order valence-corrected chi connectivity index (χ1v) is 7.01. The molecule has 1 aromatic rings. The largest absolute Gasteiger partial charge is 0.496 e. The van der Waals surface area contributed by atoms with Gasteiger partial charge >= 0.3 is 0 Å². The fourth-order valence-corrected chi connectivity index (χ4v) is 2.42. The standard InChI is InChI=1S/C15H21N3O3/c1-11(12-5-3-4-6-13(12)21-2)17-15(20)10-18-8-7-16-14(19)9-18/h3-6,11H,7-10H2,1-2H3,(H,16,19)(H,17,20). The van der Waals surface area contributed by atoms with Crippen molar-refractivity contribution in [3.05, 3.63) is 29.8 Å². The number of rotatable bonds is 5. The molecule has 6 nitrogen and oxygen atoms in total. The molecule has 0 aromatic heterocycles. The van der Waals surface area contributed by atoms with Crippen LogP contribution >= 0.6 is 0 Å². The quantitative estimate of drug-likeness (QED) is 0.819. The van der Waals surface area contributed by atoms with Gasteiger partial charge in [0.2, 0.25) is 11.8 Å². The SMILES string of the molecule is COc1ccccc1C(C)NC(=O)CN1CCNC(=O)C1. The van der Waals surface area contributed by atoms with E-state index in [2.05, 4.69) is 10.6 Å². The highest BCUT2D eigenvalue weighted by atomic mass is 16.5. The molecule has 1 aliphatic rings. The van der Waals surface area contributed by atoms with E-state index in [4.69, 9.17) is 4.74 Å². The molecule has 114 valence electrons. The Kier molecular flexibility index (Phi) is 5.16. The van der Waals surface area contributed by atoms with Crippen molar-refractivity contribution in [2.75, 3.05) is 33.3 Å². The molecule has 1 saturated heterocycles. The van der Waals surface area contributed by atoms with Gasteiger partial charge in [0.1, 0.15) is 5.75 Å². The minimum atomic E-state index is -0.146. The fraction of sp³-hybridized carbons (Fsp3) is 0.467. The highest BCUT2D eigenvalue weighted by Gasteiger charge is 2.20. The molecule has 1 atom stereocenters. The van der Waals surface area contributed by atoms with Gasteiger partial charge in [-0.3, -0.25) is 14.5 Å². The molecule has 1 unspecified atom stereocenters. The first-order chi connectivity index (χ1) is 10.1. The van der Waals surface area contributed by atoms with Crippen molar-refractivity contribution >= 4 is 11.8 Å². The molecule has 1 fully saturated rings. The number of carbonyl (C=O) groups excluding carboxylic acids is 2. The summed E-state index contributed by atoms with van der Waals surface area (Å²) in [5.74, 6) is 0.623. The molecule has 0 saturated carbocycles. The van der Waals surface area contributed by atoms with Crippen molar-refractivity contribution in [3.8, 4) is 5.75 Å². The van der Waals surface area contributed by atoms with E-state index in [0.717, 1.165) is 11.3 Å². The lowest BCUT2D eigenvalue weighted by atomic mass is 10.1. The number of amides is 2. The Morgan fingerprint density at radius 3 is 2.95 bits per heavy atom. The molecule has 6 heteroatoms. The molecule has 2 amide bonds. The molecule has 21 heavy (non-hydrogen) atoms. The maximum atomic E-state index is 12.1. The Labute approximate surface area is 124 Å². The van der Waals surface area contributed by atoms with Crippen LogP contribution in [-0.4, -0.2) is 50.0 Å². The van der Waals surface area contributed by atoms with Gasteiger partial charge in [0, 0.05) is 18.7 Å². The second kappa shape index (κ2) is 7.08. The number of piperazine rings is 1. The Morgan fingerprint density at radius 2 is 2.24 bits per heavy atom. The average molecular weight is 291 g/mol. The minimum Gasteiger partial charge on any atom is -0.496 e. The van der Waals surface area contributed by atoms with E-state index < -0.39 is 0 Å². The van der Waals surface area contributed by atoms with Crippen molar-refractivity contribution in [1.29, 1.82) is 0 Å². The van der Waals surface area contributed by atoms with Gasteiger partial charge in [-0.1, -0.05) is 18.2 Å². The molecular weight excluding hydrogens is 270 g/mol. The average Bonchev–Trinajstić information content (AvgIpc) is 2.47. The summed E-state index contributed by atoms with van der Waals surface area (Å²) >= 11 is 0. The first kappa shape index (κ1) is 15.3. The topological polar surface area (TPSA) is 70.7 Å². The minimum absolute atomic E-state index is 0.0353. The van der Waals surface area contributed by atoms with E-state index in [9.17, 15) is 9.59 Å². The van der Waals surface area contributed by atoms with Crippen LogP contribution < -0.4 is 15.4 Å². The summed E-state index contributed by atoms with van der Waals surface area (Å²) in [7, 11) is 1.61. The van der Waals surface area contributed by atoms with E-state index in [1.807, 2.05) is 36.1 Å². The van der Waals surface area contributed by atoms with Crippen molar-refractivity contribution < 1.29 is 14.3 Å². The summed E-state index contributed by atoms with van der Waals surface area (Å²) in [4.78, 5) is 25.2. The number of carbonyl (C=O) groups is 2. The van der Waals surface area contributed by atoms with E-state index in [0.29, 0.717) is 13.1 Å². The van der Waals surface area contributed by atoms with Crippen molar-refractivity contribution in [3.63, 3.8) is 0 Å². The monoisotopic (exact) mass is 291 g/mol. The van der Waals surface area contributed by atoms with Gasteiger partial charge in [-0.25, -0.2) is 0 Å². The fourth-order valence-electron chi connectivity index (χ4n) is 2.42. The molecule has 0 bridgehead atoms. The van der Waals surface area contributed by atoms with Crippen molar-refractivity contribution in [2.45, 2.75) is 13.0 Å². The van der Waals surface area contributed by atoms with E-state index in [1.54, 1.807) is 7.11 Å². The van der Waals surface area contributed by atoms with Crippen molar-refractivity contribution in [1.82, 2.24) is 15.5 Å². The molecule has 0 aliphatic carbocycles. The van der Waals surface area contributed by atoms with E-state index in [-0.39, 0.29) is 30.9 Å². The Bertz CT molecular complexity index is 519. The maximum Gasteiger partial charge on any atom is 0.234 e. The Morgan fingerprint density at radius 1 is 1.48 bits per heavy atom. The van der Waals surface area contributed by atoms with Gasteiger partial charge in [0.25, 0.3) is 0 Å². The third-order valence-corrected chi connectivity index (χ3v) is 3.47. The summed E-state index contributed by atoms with van der Waals surface area (Å²) in [5.41, 5.74) is 0.935. The summed E-state index contributed by atoms with van der Waals surface area (Å²) < 4.78 is 5.30. The molecule has 2 N–H and O–H groups in total. The normalized spacial score (nSPS) is 17.0. The van der Waals surface area contributed by atoms with Gasteiger partial charge in [-0.2, -0.15) is 0 Å². The zero-order valence-electron chi connectivity index (χ0n) is 12.4. The number of methoxy groups -OCH3 is 1. The van der Waals surface area contributed by atoms with Crippen LogP contribution in [0.4, 0.5) is 0 Å². The van der Waals surface area contributed by atoms with Gasteiger partial charge < -0.3 is 15.4 Å². The maximum absolute atomic E-state index is 12.1. The van der Waals surface area contributed by atoms with Gasteiger partial charge in [0.15, 0.2) is 0 Å². The third kappa shape index (κ3) is 4.19. The summed E-state index contributed by atoms with van der Waals surface area (Å²) in [5, 5.41) is 5.68. The number of nitrogens with zero attached hydrogens (tertiary/aromatic N) is 1. The molecule has 2 rings (SSSR count). The lowest BCUT2D eigenvalue weighted by molar-refractivity contribution is -0.127. The van der Waals surface area contributed by atoms with Crippen LogP contribution in [0.5, 0.6) is 5.75 Å². The highest BCUT2D eigenvalue weighted by Crippen LogP contribution is 2.24. The van der Waals surface area contributed by atoms with Crippen LogP contribution in [0.3, 0.4) is 0 Å². The number of nitrogens with one attached hydrogen (secondary N) is 2. The lowest BCUT2D eigenvalue weighted by Crippen LogP contribution is -2.50. The van der Waals surface area contributed by atoms with Gasteiger partial charge in [-0.15, -0.1) is 0 Å². The van der Waals surface area contributed by atoms with Gasteiger partial charge in [0.05, 0.1) is 26.2 Å². The lowest BCUT2D eigenvalue weighted by Gasteiger charge is -2.26. The third-order valence-electron chi connectivity index (χ3n) is 3.47. The van der Waals surface area contributed by atoms with E-state index >= 15 is 0 Å². The van der Waals surface area contributed by atoms with Crippen LogP contribution in [0.1, 0.15) is 18.5 Å². The molecule has 0 spiro atoms. The molecule has 1 aromatic carbocycles. The van der Waals surface area contributed by atoms with E-state index in [1.165, 1.54) is 0 Å². The first-order valence-electron chi connectivity index (χ1n) is 7.01. The zero-order valence-corrected chi connectivity index (χ0v) is 12.4. The van der Waals surface area contributed by atoms with Crippen molar-refractivity contribution in [2.24, 2.45) is 0 Å². The van der Waals surface area contributed by atoms with Gasteiger partial charge in [-0.05, 0) is 13.0 Å². The zero-order chi connectivity index (χ0) is 15.2. The highest BCUT2D eigenvalue weighted by molar-refractivity contribution is 5.82. The molecule has 0 radical (unpaired) electrons. The molecule has 1 aliphatic heterocycles. The summed E-state index contributed by atoms with van der Waals surface area (Å²) in [6.07, 6.45) is 0. The summed E-state index contributed by atoms with van der Waals surface area (Å²) in [6, 6.07) is 7.45. The Balaban J connectivity index is 1.91. The molecule has 1 heterocycles. The number of ether oxygens (including phenoxy) is 1. The van der Waals surface area contributed by atoms with Crippen LogP contribution in [0, 0.1) is 0 Å². The number of hydrogen-bond donors (Lipinski definition) is 2. The number of para-hydroxylation sites is 1. The Hall–Kier alpha value is -2.08. The predicted octanol–water partition coefficient (Wildman–Crippen LogP) is 0.304. The summed E-state index contributed by atoms with van der Waals surface area (Å²) in [6.45, 7) is 3.71. The second-order valence-corrected chi connectivity index (χ2v) is 5.09. The predicted molar refractivity (Wildman–Crippen MR) is 79.0 cm³/mol. The van der Waals surface area contributed by atoms with Crippen LogP contribution in [0.15, 0.2) is 24.3 Å². The van der Waals surface area contributed by atoms with Crippen LogP contribution in [-0.2, 0) is 9.59 Å². The molecular formula is C15H21N3O3. The number of hydrogen-bond acceptors (Lipinski definition) is 4. The van der Waals surface area contributed by atoms with Crippen LogP contribution in [0.2, 0.25) is 0 Å². The smallest absolute Gasteiger partial charge is 0.234 e.